The summed E-state index contributed by atoms with van der Waals surface area (Å²) in [6.45, 7) is 2.55. The molecule has 466 valence electrons. The fourth-order valence-electron chi connectivity index (χ4n) is 9.29. The van der Waals surface area contributed by atoms with Crippen LogP contribution in [0.15, 0.2) is 134 Å². The second-order valence-electron chi connectivity index (χ2n) is 21.4. The van der Waals surface area contributed by atoms with Gasteiger partial charge in [-0.05, 0) is 103 Å². The molecule has 12 unspecified atom stereocenters. The SMILES string of the molecule is CC/C=C\C/C=C\C/C=C\C/C=C\C/C=C\C/C=C\C/C=C\C/C=C\CCCCCCCCCCCCCCC(=O)NC(COC1OC(CO)C(OC2OC(CO)C(O)C(O)C2O)C(O)C1O)C(O)/C=C/CC/C=C/CC/C=C/CCC. The first-order valence-electron chi connectivity index (χ1n) is 31.4. The number of amides is 1. The Balaban J connectivity index is 1.62. The molecule has 0 spiro atoms. The van der Waals surface area contributed by atoms with E-state index >= 15 is 0 Å². The summed E-state index contributed by atoms with van der Waals surface area (Å²) in [5, 5.41) is 86.9. The van der Waals surface area contributed by atoms with Crippen LogP contribution in [-0.2, 0) is 23.7 Å². The van der Waals surface area contributed by atoms with E-state index in [2.05, 4.69) is 141 Å². The third-order valence-corrected chi connectivity index (χ3v) is 14.3. The number of unbranched alkanes of at least 4 members (excludes halogenated alkanes) is 15. The van der Waals surface area contributed by atoms with Crippen LogP contribution in [0.1, 0.15) is 194 Å². The molecule has 82 heavy (non-hydrogen) atoms. The van der Waals surface area contributed by atoms with Gasteiger partial charge in [-0.1, -0.05) is 218 Å². The molecule has 0 aromatic carbocycles. The van der Waals surface area contributed by atoms with E-state index in [1.54, 1.807) is 6.08 Å². The van der Waals surface area contributed by atoms with Crippen LogP contribution in [0.2, 0.25) is 0 Å². The largest absolute Gasteiger partial charge is 0.394 e. The van der Waals surface area contributed by atoms with E-state index in [0.717, 1.165) is 109 Å². The summed E-state index contributed by atoms with van der Waals surface area (Å²) in [7, 11) is 0. The zero-order chi connectivity index (χ0) is 59.5. The van der Waals surface area contributed by atoms with Crippen molar-refractivity contribution in [2.24, 2.45) is 0 Å². The molecule has 12 atom stereocenters. The molecule has 2 saturated heterocycles. The number of carbonyl (C=O) groups excluding carboxylic acids is 1. The Kier molecular flexibility index (Phi) is 46.7. The van der Waals surface area contributed by atoms with Gasteiger partial charge in [0.1, 0.15) is 48.8 Å². The lowest BCUT2D eigenvalue weighted by Gasteiger charge is -2.46. The van der Waals surface area contributed by atoms with Gasteiger partial charge in [-0.2, -0.15) is 0 Å². The highest BCUT2D eigenvalue weighted by Crippen LogP contribution is 2.30. The van der Waals surface area contributed by atoms with Crippen molar-refractivity contribution in [3.63, 3.8) is 0 Å². The number of hydrogen-bond acceptors (Lipinski definition) is 13. The monoisotopic (exact) mass is 1150 g/mol. The standard InChI is InChI=1S/C68H111NO13/c1-3-5-7-9-11-13-15-16-17-18-19-20-21-22-23-24-25-26-27-28-29-30-31-32-33-34-35-36-37-38-39-40-42-44-46-48-50-52-60(73)69-56(57(72)51-49-47-45-43-41-14-12-10-8-6-4-2)55-79-67-65(78)63(76)66(59(54-71)81-67)82-68-64(77)62(75)61(74)58(53-70)80-68/h5,7-8,10-11,13,16-17,19-20,22-23,25-26,28-29,31-32,41,43,49,51,56-59,61-68,70-72,74-78H,3-4,6,9,12,14-15,18,21,24,27,30,33-40,42,44-48,50,52-55H2,1-2H3,(H,69,73)/b7-5-,10-8+,13-11-,17-16-,20-19-,23-22-,26-25-,29-28-,32-31-,43-41+,51-49+. The molecule has 2 fully saturated rings. The second-order valence-corrected chi connectivity index (χ2v) is 21.4. The third kappa shape index (κ3) is 36.1. The molecule has 0 aliphatic carbocycles. The number of aliphatic hydroxyl groups is 8. The topological polar surface area (TPSA) is 228 Å². The average Bonchev–Trinajstić information content (AvgIpc) is 3.22. The van der Waals surface area contributed by atoms with Crippen LogP contribution in [-0.4, -0.2) is 140 Å². The summed E-state index contributed by atoms with van der Waals surface area (Å²) >= 11 is 0. The molecule has 2 heterocycles. The zero-order valence-corrected chi connectivity index (χ0v) is 50.2. The number of nitrogens with one attached hydrogen (secondary N) is 1. The summed E-state index contributed by atoms with van der Waals surface area (Å²) in [5.74, 6) is -0.264. The Morgan fingerprint density at radius 2 is 0.854 bits per heavy atom. The molecule has 0 aromatic rings. The average molecular weight is 1150 g/mol. The molecule has 0 saturated carbocycles. The first kappa shape index (κ1) is 74.2. The van der Waals surface area contributed by atoms with Crippen molar-refractivity contribution in [2.75, 3.05) is 19.8 Å². The molecule has 2 aliphatic heterocycles. The Bertz CT molecular complexity index is 1880. The molecule has 14 nitrogen and oxygen atoms in total. The number of ether oxygens (including phenoxy) is 4. The van der Waals surface area contributed by atoms with Gasteiger partial charge in [-0.3, -0.25) is 4.79 Å². The molecular formula is C68H111NO13. The highest BCUT2D eigenvalue weighted by Gasteiger charge is 2.51. The Morgan fingerprint density at radius 1 is 0.451 bits per heavy atom. The zero-order valence-electron chi connectivity index (χ0n) is 50.2. The molecule has 14 heteroatoms. The first-order valence-corrected chi connectivity index (χ1v) is 31.4. The van der Waals surface area contributed by atoms with Crippen LogP contribution in [0, 0.1) is 0 Å². The molecule has 2 aliphatic rings. The van der Waals surface area contributed by atoms with Gasteiger partial charge in [-0.25, -0.2) is 0 Å². The van der Waals surface area contributed by atoms with Crippen molar-refractivity contribution < 1.29 is 64.6 Å². The van der Waals surface area contributed by atoms with Gasteiger partial charge in [-0.15, -0.1) is 0 Å². The van der Waals surface area contributed by atoms with E-state index in [4.69, 9.17) is 18.9 Å². The van der Waals surface area contributed by atoms with Gasteiger partial charge in [0.15, 0.2) is 12.6 Å². The van der Waals surface area contributed by atoms with Gasteiger partial charge in [0.2, 0.25) is 5.91 Å². The van der Waals surface area contributed by atoms with Crippen LogP contribution in [0.25, 0.3) is 0 Å². The van der Waals surface area contributed by atoms with Crippen molar-refractivity contribution in [2.45, 2.75) is 267 Å². The highest BCUT2D eigenvalue weighted by atomic mass is 16.7. The molecule has 1 amide bonds. The summed E-state index contributed by atoms with van der Waals surface area (Å²) in [4.78, 5) is 13.2. The van der Waals surface area contributed by atoms with Crippen LogP contribution in [0.4, 0.5) is 0 Å². The van der Waals surface area contributed by atoms with E-state index in [9.17, 15) is 45.6 Å². The van der Waals surface area contributed by atoms with Crippen molar-refractivity contribution in [3.05, 3.63) is 134 Å². The van der Waals surface area contributed by atoms with E-state index < -0.39 is 86.8 Å². The fraction of sp³-hybridized carbons (Fsp3) is 0.662. The number of aliphatic hydroxyl groups excluding tert-OH is 8. The Morgan fingerprint density at radius 3 is 1.33 bits per heavy atom. The lowest BCUT2D eigenvalue weighted by Crippen LogP contribution is -2.65. The molecule has 2 rings (SSSR count). The van der Waals surface area contributed by atoms with Crippen molar-refractivity contribution in [3.8, 4) is 0 Å². The lowest BCUT2D eigenvalue weighted by atomic mass is 9.97. The highest BCUT2D eigenvalue weighted by molar-refractivity contribution is 5.76. The maximum Gasteiger partial charge on any atom is 0.220 e. The maximum absolute atomic E-state index is 13.2. The Hall–Kier alpha value is -3.87. The third-order valence-electron chi connectivity index (χ3n) is 14.3. The molecule has 9 N–H and O–H groups in total. The van der Waals surface area contributed by atoms with Crippen LogP contribution in [0.3, 0.4) is 0 Å². The minimum absolute atomic E-state index is 0.259. The number of rotatable bonds is 48. The Labute approximate surface area is 494 Å². The predicted octanol–water partition coefficient (Wildman–Crippen LogP) is 11.6. The molecule has 0 aromatic heterocycles. The molecular weight excluding hydrogens is 1040 g/mol. The van der Waals surface area contributed by atoms with Crippen LogP contribution >= 0.6 is 0 Å². The lowest BCUT2D eigenvalue weighted by molar-refractivity contribution is -0.359. The smallest absolute Gasteiger partial charge is 0.220 e. The number of allylic oxidation sites excluding steroid dienone is 21. The normalized spacial score (nSPS) is 24.9. The van der Waals surface area contributed by atoms with Gasteiger partial charge < -0.3 is 65.1 Å². The van der Waals surface area contributed by atoms with Crippen molar-refractivity contribution >= 4 is 5.91 Å². The predicted molar refractivity (Wildman–Crippen MR) is 331 cm³/mol. The summed E-state index contributed by atoms with van der Waals surface area (Å²) in [6.07, 6.45) is 59.5. The minimum atomic E-state index is -1.80. The van der Waals surface area contributed by atoms with Crippen LogP contribution < -0.4 is 5.32 Å². The number of carbonyl (C=O) groups is 1. The fourth-order valence-corrected chi connectivity index (χ4v) is 9.29. The summed E-state index contributed by atoms with van der Waals surface area (Å²) < 4.78 is 22.7. The number of hydrogen-bond donors (Lipinski definition) is 9. The van der Waals surface area contributed by atoms with Gasteiger partial charge in [0, 0.05) is 6.42 Å². The quantitative estimate of drug-likeness (QED) is 0.0204. The first-order chi connectivity index (χ1) is 40.1. The summed E-state index contributed by atoms with van der Waals surface area (Å²) in [5.41, 5.74) is 0. The van der Waals surface area contributed by atoms with E-state index in [1.807, 2.05) is 6.08 Å². The van der Waals surface area contributed by atoms with Crippen molar-refractivity contribution in [1.29, 1.82) is 0 Å². The van der Waals surface area contributed by atoms with Gasteiger partial charge in [0.25, 0.3) is 0 Å². The molecule has 0 bridgehead atoms. The van der Waals surface area contributed by atoms with Gasteiger partial charge >= 0.3 is 0 Å². The van der Waals surface area contributed by atoms with E-state index in [-0.39, 0.29) is 18.9 Å². The summed E-state index contributed by atoms with van der Waals surface area (Å²) in [6, 6.07) is -0.946. The van der Waals surface area contributed by atoms with Crippen LogP contribution in [0.5, 0.6) is 0 Å². The second kappa shape index (κ2) is 51.5. The van der Waals surface area contributed by atoms with E-state index in [0.29, 0.717) is 12.8 Å². The van der Waals surface area contributed by atoms with E-state index in [1.165, 1.54) is 51.4 Å². The van der Waals surface area contributed by atoms with Crippen molar-refractivity contribution in [1.82, 2.24) is 5.32 Å². The minimum Gasteiger partial charge on any atom is -0.394 e. The molecule has 0 radical (unpaired) electrons. The maximum atomic E-state index is 13.2. The van der Waals surface area contributed by atoms with Gasteiger partial charge in [0.05, 0.1) is 32.0 Å².